The van der Waals surface area contributed by atoms with Crippen LogP contribution in [0.2, 0.25) is 0 Å². The molecule has 1 rings (SSSR count). The van der Waals surface area contributed by atoms with Gasteiger partial charge in [0.15, 0.2) is 21.3 Å². The van der Waals surface area contributed by atoms with Crippen LogP contribution in [-0.2, 0) is 16.3 Å². The van der Waals surface area contributed by atoms with Crippen LogP contribution < -0.4 is 4.74 Å². The molecule has 0 aromatic heterocycles. The summed E-state index contributed by atoms with van der Waals surface area (Å²) in [6.07, 6.45) is 7.83. The third kappa shape index (κ3) is 7.98. The maximum absolute atomic E-state index is 12.0. The van der Waals surface area contributed by atoms with Crippen molar-refractivity contribution in [3.8, 4) is 11.5 Å². The number of phenolic OH excluding ortho intramolecular Hbond substituents is 1. The molecule has 0 aliphatic heterocycles. The van der Waals surface area contributed by atoms with E-state index in [2.05, 4.69) is 6.92 Å². The van der Waals surface area contributed by atoms with E-state index >= 15 is 0 Å². The Bertz CT molecular complexity index is 630. The van der Waals surface area contributed by atoms with Crippen molar-refractivity contribution in [1.29, 1.82) is 0 Å². The molecule has 0 fully saturated rings. The number of sulfone groups is 1. The monoisotopic (exact) mass is 384 g/mol. The van der Waals surface area contributed by atoms with Crippen molar-refractivity contribution in [3.05, 3.63) is 23.8 Å². The number of ether oxygens (including phenoxy) is 1. The van der Waals surface area contributed by atoms with Crippen molar-refractivity contribution in [2.45, 2.75) is 83.8 Å². The molecule has 0 atom stereocenters. The molecule has 1 aromatic carbocycles. The fourth-order valence-corrected chi connectivity index (χ4v) is 3.82. The van der Waals surface area contributed by atoms with E-state index in [9.17, 15) is 13.5 Å². The number of aryl methyl sites for hydroxylation is 1. The molecule has 0 saturated heterocycles. The van der Waals surface area contributed by atoms with Crippen LogP contribution in [0.15, 0.2) is 18.2 Å². The molecule has 0 heterocycles. The first-order valence-corrected chi connectivity index (χ1v) is 11.5. The zero-order chi connectivity index (χ0) is 19.6. The third-order valence-electron chi connectivity index (χ3n) is 4.59. The van der Waals surface area contributed by atoms with E-state index in [1.807, 2.05) is 12.1 Å². The van der Waals surface area contributed by atoms with Crippen molar-refractivity contribution in [2.75, 3.05) is 12.4 Å². The van der Waals surface area contributed by atoms with E-state index < -0.39 is 14.6 Å². The Balaban J connectivity index is 2.23. The normalized spacial score (nSPS) is 12.3. The van der Waals surface area contributed by atoms with Crippen molar-refractivity contribution in [2.24, 2.45) is 0 Å². The molecule has 26 heavy (non-hydrogen) atoms. The molecular weight excluding hydrogens is 348 g/mol. The minimum absolute atomic E-state index is 0.214. The highest BCUT2D eigenvalue weighted by Gasteiger charge is 2.27. The topological polar surface area (TPSA) is 63.6 Å². The minimum atomic E-state index is -2.99. The average molecular weight is 385 g/mol. The molecule has 0 amide bonds. The van der Waals surface area contributed by atoms with E-state index in [1.165, 1.54) is 0 Å². The summed E-state index contributed by atoms with van der Waals surface area (Å²) < 4.78 is 29.0. The van der Waals surface area contributed by atoms with E-state index in [0.717, 1.165) is 56.9 Å². The zero-order valence-corrected chi connectivity index (χ0v) is 17.7. The van der Waals surface area contributed by atoms with Gasteiger partial charge in [0, 0.05) is 0 Å². The van der Waals surface area contributed by atoms with Gasteiger partial charge in [-0.15, -0.1) is 0 Å². The Labute approximate surface area is 159 Å². The van der Waals surface area contributed by atoms with Gasteiger partial charge in [-0.05, 0) is 64.2 Å². The SMILES string of the molecule is CCCCOc1ccc(CCCCCCCS(=O)(=O)C(C)(C)C)cc1O. The van der Waals surface area contributed by atoms with Gasteiger partial charge in [0.1, 0.15) is 0 Å². The van der Waals surface area contributed by atoms with Crippen LogP contribution in [0, 0.1) is 0 Å². The van der Waals surface area contributed by atoms with Crippen LogP contribution in [0.5, 0.6) is 11.5 Å². The Kier molecular flexibility index (Phi) is 9.48. The highest BCUT2D eigenvalue weighted by Crippen LogP contribution is 2.27. The Morgan fingerprint density at radius 3 is 2.27 bits per heavy atom. The van der Waals surface area contributed by atoms with Gasteiger partial charge in [-0.25, -0.2) is 8.42 Å². The predicted octanol–water partition coefficient (Wildman–Crippen LogP) is 5.28. The molecule has 0 saturated carbocycles. The van der Waals surface area contributed by atoms with Gasteiger partial charge in [-0.2, -0.15) is 0 Å². The van der Waals surface area contributed by atoms with Gasteiger partial charge in [0.05, 0.1) is 17.1 Å². The highest BCUT2D eigenvalue weighted by atomic mass is 32.2. The van der Waals surface area contributed by atoms with Crippen LogP contribution in [-0.4, -0.2) is 30.6 Å². The van der Waals surface area contributed by atoms with Gasteiger partial charge in [0.2, 0.25) is 0 Å². The minimum Gasteiger partial charge on any atom is -0.504 e. The Hall–Kier alpha value is -1.23. The fourth-order valence-electron chi connectivity index (χ4n) is 2.62. The zero-order valence-electron chi connectivity index (χ0n) is 16.9. The van der Waals surface area contributed by atoms with Crippen LogP contribution >= 0.6 is 0 Å². The van der Waals surface area contributed by atoms with E-state index in [0.29, 0.717) is 12.4 Å². The molecule has 0 spiro atoms. The molecule has 5 heteroatoms. The summed E-state index contributed by atoms with van der Waals surface area (Å²) >= 11 is 0. The first-order valence-electron chi connectivity index (χ1n) is 9.84. The number of benzene rings is 1. The first kappa shape index (κ1) is 22.8. The van der Waals surface area contributed by atoms with Gasteiger partial charge >= 0.3 is 0 Å². The molecule has 0 radical (unpaired) electrons. The van der Waals surface area contributed by atoms with Gasteiger partial charge in [-0.3, -0.25) is 0 Å². The first-order chi connectivity index (χ1) is 12.2. The summed E-state index contributed by atoms with van der Waals surface area (Å²) in [4.78, 5) is 0. The lowest BCUT2D eigenvalue weighted by atomic mass is 10.1. The smallest absolute Gasteiger partial charge is 0.160 e. The number of rotatable bonds is 12. The highest BCUT2D eigenvalue weighted by molar-refractivity contribution is 7.92. The quantitative estimate of drug-likeness (QED) is 0.498. The van der Waals surface area contributed by atoms with Crippen LogP contribution in [0.4, 0.5) is 0 Å². The van der Waals surface area contributed by atoms with Crippen molar-refractivity contribution in [3.63, 3.8) is 0 Å². The molecule has 1 N–H and O–H groups in total. The van der Waals surface area contributed by atoms with Gasteiger partial charge in [0.25, 0.3) is 0 Å². The molecule has 0 aliphatic rings. The molecular formula is C21H36O4S. The molecule has 0 unspecified atom stereocenters. The summed E-state index contributed by atoms with van der Waals surface area (Å²) in [5.41, 5.74) is 1.11. The summed E-state index contributed by atoms with van der Waals surface area (Å²) in [5, 5.41) is 10.0. The van der Waals surface area contributed by atoms with Crippen molar-refractivity contribution < 1.29 is 18.3 Å². The van der Waals surface area contributed by atoms with Crippen LogP contribution in [0.25, 0.3) is 0 Å². The van der Waals surface area contributed by atoms with Crippen molar-refractivity contribution >= 4 is 9.84 Å². The molecule has 0 bridgehead atoms. The third-order valence-corrected chi connectivity index (χ3v) is 7.28. The van der Waals surface area contributed by atoms with E-state index in [-0.39, 0.29) is 11.5 Å². The largest absolute Gasteiger partial charge is 0.504 e. The Morgan fingerprint density at radius 1 is 1.00 bits per heavy atom. The van der Waals surface area contributed by atoms with Crippen molar-refractivity contribution in [1.82, 2.24) is 0 Å². The lowest BCUT2D eigenvalue weighted by molar-refractivity contribution is 0.292. The summed E-state index contributed by atoms with van der Waals surface area (Å²) in [7, 11) is -2.99. The molecule has 4 nitrogen and oxygen atoms in total. The lowest BCUT2D eigenvalue weighted by Crippen LogP contribution is -2.30. The summed E-state index contributed by atoms with van der Waals surface area (Å²) in [5.74, 6) is 1.05. The standard InChI is InChI=1S/C21H36O4S/c1-5-6-15-25-20-14-13-18(17-19(20)22)12-10-8-7-9-11-16-26(23,24)21(2,3)4/h13-14,17,22H,5-12,15-16H2,1-4H3. The Morgan fingerprint density at radius 2 is 1.65 bits per heavy atom. The molecule has 150 valence electrons. The summed E-state index contributed by atoms with van der Waals surface area (Å²) in [6, 6.07) is 5.64. The number of hydrogen-bond donors (Lipinski definition) is 1. The predicted molar refractivity (Wildman–Crippen MR) is 109 cm³/mol. The summed E-state index contributed by atoms with van der Waals surface area (Å²) in [6.45, 7) is 8.03. The van der Waals surface area contributed by atoms with Crippen LogP contribution in [0.1, 0.15) is 78.2 Å². The maximum Gasteiger partial charge on any atom is 0.160 e. The van der Waals surface area contributed by atoms with E-state index in [1.54, 1.807) is 26.8 Å². The number of phenols is 1. The fraction of sp³-hybridized carbons (Fsp3) is 0.714. The average Bonchev–Trinajstić information content (AvgIpc) is 2.55. The maximum atomic E-state index is 12.0. The molecule has 0 aliphatic carbocycles. The number of hydrogen-bond acceptors (Lipinski definition) is 4. The van der Waals surface area contributed by atoms with Crippen LogP contribution in [0.3, 0.4) is 0 Å². The second-order valence-corrected chi connectivity index (χ2v) is 10.8. The van der Waals surface area contributed by atoms with E-state index in [4.69, 9.17) is 4.74 Å². The lowest BCUT2D eigenvalue weighted by Gasteiger charge is -2.18. The number of aromatic hydroxyl groups is 1. The second-order valence-electron chi connectivity index (χ2n) is 7.95. The number of unbranched alkanes of at least 4 members (excludes halogenated alkanes) is 5. The second kappa shape index (κ2) is 10.8. The molecule has 1 aromatic rings. The van der Waals surface area contributed by atoms with Gasteiger partial charge < -0.3 is 9.84 Å². The van der Waals surface area contributed by atoms with Gasteiger partial charge in [-0.1, -0.05) is 38.7 Å².